The Morgan fingerprint density at radius 3 is 2.38 bits per heavy atom. The van der Waals surface area contributed by atoms with Gasteiger partial charge in [-0.15, -0.1) is 5.48 Å². The Bertz CT molecular complexity index is 324. The number of nitrogens with one attached hydrogen (secondary N) is 1. The Balaban J connectivity index is 2.35. The molecule has 0 saturated heterocycles. The minimum atomic E-state index is -0.498. The lowest BCUT2D eigenvalue weighted by molar-refractivity contribution is -0.151. The number of ether oxygens (including phenoxy) is 1. The van der Waals surface area contributed by atoms with E-state index in [0.29, 0.717) is 5.75 Å². The number of benzene rings is 1. The van der Waals surface area contributed by atoms with E-state index in [2.05, 4.69) is 5.48 Å². The van der Waals surface area contributed by atoms with Gasteiger partial charge in [-0.25, -0.2) is 0 Å². The summed E-state index contributed by atoms with van der Waals surface area (Å²) >= 11 is 0. The predicted octanol–water partition coefficient (Wildman–Crippen LogP) is 1.91. The smallest absolute Gasteiger partial charge is 0.326 e. The number of carbonyl (C=O) groups is 1. The molecule has 1 aromatic rings. The highest BCUT2D eigenvalue weighted by molar-refractivity contribution is 5.75. The van der Waals surface area contributed by atoms with Crippen LogP contribution in [0.1, 0.15) is 20.8 Å². The van der Waals surface area contributed by atoms with Gasteiger partial charge in [-0.2, -0.15) is 0 Å². The van der Waals surface area contributed by atoms with Crippen LogP contribution in [-0.4, -0.2) is 18.1 Å². The van der Waals surface area contributed by atoms with Crippen molar-refractivity contribution in [3.8, 4) is 5.75 Å². The van der Waals surface area contributed by atoms with E-state index in [9.17, 15) is 4.79 Å². The second-order valence-electron chi connectivity index (χ2n) is 3.74. The number of rotatable bonds is 5. The van der Waals surface area contributed by atoms with Gasteiger partial charge in [-0.3, -0.25) is 4.79 Å². The molecule has 0 amide bonds. The summed E-state index contributed by atoms with van der Waals surface area (Å²) < 4.78 is 5.02. The lowest BCUT2D eigenvalue weighted by Crippen LogP contribution is -2.38. The molecule has 0 bridgehead atoms. The summed E-state index contributed by atoms with van der Waals surface area (Å²) in [6.45, 7) is 5.30. The standard InChI is InChI=1S/C12H17NO3/c1-9(2)15-12(14)10(3)13-16-11-7-5-4-6-8-11/h4-10,13H,1-3H3/t10-/m0/s1. The van der Waals surface area contributed by atoms with Crippen LogP contribution in [0.5, 0.6) is 5.75 Å². The molecule has 0 spiro atoms. The second kappa shape index (κ2) is 6.12. The zero-order valence-electron chi connectivity index (χ0n) is 9.77. The van der Waals surface area contributed by atoms with Crippen molar-refractivity contribution in [2.24, 2.45) is 0 Å². The highest BCUT2D eigenvalue weighted by Crippen LogP contribution is 2.07. The zero-order chi connectivity index (χ0) is 12.0. The molecule has 1 N–H and O–H groups in total. The van der Waals surface area contributed by atoms with Crippen LogP contribution in [0.15, 0.2) is 30.3 Å². The number of hydrogen-bond donors (Lipinski definition) is 1. The van der Waals surface area contributed by atoms with Gasteiger partial charge in [0.15, 0.2) is 0 Å². The second-order valence-corrected chi connectivity index (χ2v) is 3.74. The molecular weight excluding hydrogens is 206 g/mol. The molecule has 0 heterocycles. The Hall–Kier alpha value is -1.55. The van der Waals surface area contributed by atoms with Crippen LogP contribution in [0.2, 0.25) is 0 Å². The summed E-state index contributed by atoms with van der Waals surface area (Å²) in [5.74, 6) is 0.331. The Kier molecular flexibility index (Phi) is 4.79. The first-order valence-corrected chi connectivity index (χ1v) is 5.27. The average Bonchev–Trinajstić information content (AvgIpc) is 2.26. The number of para-hydroxylation sites is 1. The van der Waals surface area contributed by atoms with Crippen molar-refractivity contribution in [2.45, 2.75) is 32.9 Å². The number of hydroxylamine groups is 1. The van der Waals surface area contributed by atoms with E-state index >= 15 is 0 Å². The Labute approximate surface area is 95.5 Å². The largest absolute Gasteiger partial charge is 0.462 e. The van der Waals surface area contributed by atoms with E-state index in [4.69, 9.17) is 9.57 Å². The molecule has 1 rings (SSSR count). The molecule has 0 aliphatic carbocycles. The molecule has 4 nitrogen and oxygen atoms in total. The Morgan fingerprint density at radius 2 is 1.81 bits per heavy atom. The molecule has 16 heavy (non-hydrogen) atoms. The third-order valence-electron chi connectivity index (χ3n) is 1.80. The van der Waals surface area contributed by atoms with Gasteiger partial charge in [0.1, 0.15) is 11.8 Å². The molecule has 0 aromatic heterocycles. The van der Waals surface area contributed by atoms with Crippen molar-refractivity contribution in [3.63, 3.8) is 0 Å². The maximum absolute atomic E-state index is 11.4. The van der Waals surface area contributed by atoms with E-state index in [0.717, 1.165) is 0 Å². The monoisotopic (exact) mass is 223 g/mol. The van der Waals surface area contributed by atoms with Crippen molar-refractivity contribution in [2.75, 3.05) is 0 Å². The van der Waals surface area contributed by atoms with Crippen molar-refractivity contribution < 1.29 is 14.4 Å². The summed E-state index contributed by atoms with van der Waals surface area (Å²) in [7, 11) is 0. The molecule has 4 heteroatoms. The molecule has 0 saturated carbocycles. The molecule has 0 aliphatic heterocycles. The predicted molar refractivity (Wildman–Crippen MR) is 60.9 cm³/mol. The highest BCUT2D eigenvalue weighted by atomic mass is 16.7. The maximum Gasteiger partial charge on any atom is 0.326 e. The number of esters is 1. The van der Waals surface area contributed by atoms with Crippen LogP contribution in [-0.2, 0) is 9.53 Å². The van der Waals surface area contributed by atoms with Gasteiger partial charge in [0.05, 0.1) is 6.10 Å². The fourth-order valence-corrected chi connectivity index (χ4v) is 1.03. The first-order chi connectivity index (χ1) is 7.59. The summed E-state index contributed by atoms with van der Waals surface area (Å²) in [6.07, 6.45) is -0.117. The fraction of sp³-hybridized carbons (Fsp3) is 0.417. The topological polar surface area (TPSA) is 47.6 Å². The van der Waals surface area contributed by atoms with Crippen LogP contribution >= 0.6 is 0 Å². The van der Waals surface area contributed by atoms with Crippen molar-refractivity contribution in [1.82, 2.24) is 5.48 Å². The van der Waals surface area contributed by atoms with Crippen molar-refractivity contribution in [3.05, 3.63) is 30.3 Å². The number of carbonyl (C=O) groups excluding carboxylic acids is 1. The van der Waals surface area contributed by atoms with Gasteiger partial charge in [0, 0.05) is 0 Å². The number of hydrogen-bond acceptors (Lipinski definition) is 4. The molecule has 88 valence electrons. The summed E-state index contributed by atoms with van der Waals surface area (Å²) in [5.41, 5.74) is 2.63. The molecule has 1 aromatic carbocycles. The van der Waals surface area contributed by atoms with Crippen LogP contribution in [0.4, 0.5) is 0 Å². The average molecular weight is 223 g/mol. The molecular formula is C12H17NO3. The van der Waals surface area contributed by atoms with E-state index in [1.165, 1.54) is 0 Å². The van der Waals surface area contributed by atoms with Gasteiger partial charge in [-0.1, -0.05) is 18.2 Å². The van der Waals surface area contributed by atoms with E-state index in [-0.39, 0.29) is 12.1 Å². The van der Waals surface area contributed by atoms with E-state index in [1.54, 1.807) is 19.1 Å². The summed E-state index contributed by atoms with van der Waals surface area (Å²) in [5, 5.41) is 0. The zero-order valence-corrected chi connectivity index (χ0v) is 9.77. The van der Waals surface area contributed by atoms with Gasteiger partial charge in [0.25, 0.3) is 0 Å². The molecule has 1 atom stereocenters. The van der Waals surface area contributed by atoms with Gasteiger partial charge in [-0.05, 0) is 32.9 Å². The molecule has 0 unspecified atom stereocenters. The maximum atomic E-state index is 11.4. The molecule has 0 radical (unpaired) electrons. The van der Waals surface area contributed by atoms with Crippen LogP contribution in [0, 0.1) is 0 Å². The van der Waals surface area contributed by atoms with Gasteiger partial charge in [0.2, 0.25) is 0 Å². The van der Waals surface area contributed by atoms with Crippen LogP contribution in [0.3, 0.4) is 0 Å². The van der Waals surface area contributed by atoms with Crippen molar-refractivity contribution in [1.29, 1.82) is 0 Å². The minimum Gasteiger partial charge on any atom is -0.462 e. The van der Waals surface area contributed by atoms with Gasteiger partial charge >= 0.3 is 5.97 Å². The normalized spacial score (nSPS) is 12.2. The van der Waals surface area contributed by atoms with Crippen LogP contribution < -0.4 is 10.3 Å². The first-order valence-electron chi connectivity index (χ1n) is 5.27. The minimum absolute atomic E-state index is 0.117. The fourth-order valence-electron chi connectivity index (χ4n) is 1.03. The molecule has 0 fully saturated rings. The third-order valence-corrected chi connectivity index (χ3v) is 1.80. The quantitative estimate of drug-likeness (QED) is 0.612. The highest BCUT2D eigenvalue weighted by Gasteiger charge is 2.15. The lowest BCUT2D eigenvalue weighted by Gasteiger charge is -2.15. The summed E-state index contributed by atoms with van der Waals surface area (Å²) in [6, 6.07) is 8.70. The van der Waals surface area contributed by atoms with E-state index < -0.39 is 6.04 Å². The lowest BCUT2D eigenvalue weighted by atomic mass is 10.3. The first kappa shape index (κ1) is 12.5. The summed E-state index contributed by atoms with van der Waals surface area (Å²) in [4.78, 5) is 16.6. The van der Waals surface area contributed by atoms with Crippen molar-refractivity contribution >= 4 is 5.97 Å². The third kappa shape index (κ3) is 4.31. The Morgan fingerprint density at radius 1 is 1.19 bits per heavy atom. The SMILES string of the molecule is CC(C)OC(=O)[C@H](C)NOc1ccccc1. The molecule has 0 aliphatic rings. The van der Waals surface area contributed by atoms with Gasteiger partial charge < -0.3 is 9.57 Å². The van der Waals surface area contributed by atoms with Crippen LogP contribution in [0.25, 0.3) is 0 Å². The van der Waals surface area contributed by atoms with E-state index in [1.807, 2.05) is 32.0 Å².